The van der Waals surface area contributed by atoms with Crippen molar-refractivity contribution in [1.29, 1.82) is 0 Å². The number of hydrogen-bond donors (Lipinski definition) is 4. The number of nitrogens with one attached hydrogen (secondary N) is 2. The van der Waals surface area contributed by atoms with E-state index in [9.17, 15) is 9.90 Å². The number of carbonyl (C=O) groups is 1. The molecule has 1 amide bonds. The first kappa shape index (κ1) is 10.4. The Morgan fingerprint density at radius 1 is 1.25 bits per heavy atom. The zero-order chi connectivity index (χ0) is 11.7. The lowest BCUT2D eigenvalue weighted by Crippen LogP contribution is -2.21. The topological polar surface area (TPSA) is 81.6 Å². The van der Waals surface area contributed by atoms with E-state index in [1.54, 1.807) is 0 Å². The minimum absolute atomic E-state index is 0.0426. The molecule has 4 N–H and O–H groups in total. The number of rotatable bonds is 1. The van der Waals surface area contributed by atoms with Gasteiger partial charge in [-0.25, -0.2) is 0 Å². The third-order valence-corrected chi connectivity index (χ3v) is 2.24. The molecule has 5 nitrogen and oxygen atoms in total. The van der Waals surface area contributed by atoms with Crippen molar-refractivity contribution in [3.8, 4) is 11.5 Å². The van der Waals surface area contributed by atoms with E-state index in [2.05, 4.69) is 10.6 Å². The molecule has 0 spiro atoms. The van der Waals surface area contributed by atoms with E-state index in [0.717, 1.165) is 0 Å². The summed E-state index contributed by atoms with van der Waals surface area (Å²) in [5, 5.41) is 23.9. The summed E-state index contributed by atoms with van der Waals surface area (Å²) in [4.78, 5) is 11.3. The summed E-state index contributed by atoms with van der Waals surface area (Å²) in [7, 11) is 0. The summed E-state index contributed by atoms with van der Waals surface area (Å²) in [6.45, 7) is 0. The lowest BCUT2D eigenvalue weighted by molar-refractivity contribution is -0.115. The summed E-state index contributed by atoms with van der Waals surface area (Å²) in [6, 6.07) is 4.10. The average molecular weight is 236 g/mol. The average Bonchev–Trinajstić information content (AvgIpc) is 2.50. The second kappa shape index (κ2) is 3.82. The second-order valence-corrected chi connectivity index (χ2v) is 3.62. The Morgan fingerprint density at radius 3 is 2.56 bits per heavy atom. The van der Waals surface area contributed by atoms with Crippen LogP contribution < -0.4 is 10.6 Å². The highest BCUT2D eigenvalue weighted by molar-refractivity contribution is 7.80. The number of phenolic OH excluding ortho intramolecular Hbond substituents is 2. The van der Waals surface area contributed by atoms with Crippen LogP contribution in [0.15, 0.2) is 23.9 Å². The summed E-state index contributed by atoms with van der Waals surface area (Å²) in [5.41, 5.74) is 0.672. The van der Waals surface area contributed by atoms with E-state index in [1.807, 2.05) is 0 Å². The number of carbonyl (C=O) groups excluding carboxylic acids is 1. The second-order valence-electron chi connectivity index (χ2n) is 3.21. The maximum atomic E-state index is 11.3. The molecule has 0 aliphatic carbocycles. The summed E-state index contributed by atoms with van der Waals surface area (Å²) < 4.78 is 0. The number of benzene rings is 1. The van der Waals surface area contributed by atoms with E-state index in [0.29, 0.717) is 5.56 Å². The molecule has 0 bridgehead atoms. The Balaban J connectivity index is 2.36. The lowest BCUT2D eigenvalue weighted by Gasteiger charge is -2.00. The molecule has 2 rings (SSSR count). The Labute approximate surface area is 96.4 Å². The van der Waals surface area contributed by atoms with E-state index in [1.165, 1.54) is 24.3 Å². The van der Waals surface area contributed by atoms with Gasteiger partial charge in [-0.2, -0.15) is 0 Å². The van der Waals surface area contributed by atoms with Crippen molar-refractivity contribution < 1.29 is 15.0 Å². The third-order valence-electron chi connectivity index (χ3n) is 2.03. The molecule has 0 unspecified atom stereocenters. The monoisotopic (exact) mass is 236 g/mol. The molecule has 0 aromatic heterocycles. The van der Waals surface area contributed by atoms with Gasteiger partial charge in [-0.05, 0) is 30.4 Å². The van der Waals surface area contributed by atoms with E-state index in [4.69, 9.17) is 17.3 Å². The van der Waals surface area contributed by atoms with E-state index >= 15 is 0 Å². The Morgan fingerprint density at radius 2 is 2.00 bits per heavy atom. The summed E-state index contributed by atoms with van der Waals surface area (Å²) in [5.74, 6) is -0.503. The quantitative estimate of drug-likeness (QED) is 0.420. The number of thiocarbonyl (C=S) groups is 1. The number of aromatic hydroxyl groups is 2. The van der Waals surface area contributed by atoms with Gasteiger partial charge in [-0.1, -0.05) is 0 Å². The predicted molar refractivity (Wildman–Crippen MR) is 61.6 cm³/mol. The minimum Gasteiger partial charge on any atom is -0.508 e. The zero-order valence-corrected chi connectivity index (χ0v) is 8.84. The van der Waals surface area contributed by atoms with Gasteiger partial charge in [-0.15, -0.1) is 0 Å². The van der Waals surface area contributed by atoms with Crippen LogP contribution >= 0.6 is 12.2 Å². The van der Waals surface area contributed by atoms with Crippen LogP contribution in [-0.2, 0) is 4.79 Å². The molecule has 1 aliphatic rings. The largest absolute Gasteiger partial charge is 0.508 e. The fraction of sp³-hybridized carbons (Fsp3) is 0. The Bertz CT molecular complexity index is 511. The lowest BCUT2D eigenvalue weighted by atomic mass is 10.1. The molecule has 0 radical (unpaired) electrons. The standard InChI is InChI=1S/C10H8N2O3S/c13-6-2-1-5(8(14)4-6)3-7-9(15)12-10(16)11-7/h1-4,13-14H,(H2,11,12,15,16). The van der Waals surface area contributed by atoms with Gasteiger partial charge in [-0.3, -0.25) is 10.1 Å². The van der Waals surface area contributed by atoms with Crippen molar-refractivity contribution in [2.75, 3.05) is 0 Å². The van der Waals surface area contributed by atoms with Crippen LogP contribution in [0.4, 0.5) is 0 Å². The summed E-state index contributed by atoms with van der Waals surface area (Å²) in [6.07, 6.45) is 1.45. The van der Waals surface area contributed by atoms with Crippen molar-refractivity contribution in [1.82, 2.24) is 10.6 Å². The first-order valence-corrected chi connectivity index (χ1v) is 4.83. The zero-order valence-electron chi connectivity index (χ0n) is 8.02. The van der Waals surface area contributed by atoms with Crippen LogP contribution in [0, 0.1) is 0 Å². The van der Waals surface area contributed by atoms with Crippen LogP contribution in [0.2, 0.25) is 0 Å². The van der Waals surface area contributed by atoms with Crippen LogP contribution in [0.1, 0.15) is 5.56 Å². The Hall–Kier alpha value is -2.08. The molecule has 1 saturated heterocycles. The molecule has 0 saturated carbocycles. The molecule has 1 aliphatic heterocycles. The smallest absolute Gasteiger partial charge is 0.273 e. The molecule has 6 heteroatoms. The minimum atomic E-state index is -0.350. The fourth-order valence-electron chi connectivity index (χ4n) is 1.29. The van der Waals surface area contributed by atoms with Crippen molar-refractivity contribution in [2.24, 2.45) is 0 Å². The fourth-order valence-corrected chi connectivity index (χ4v) is 1.49. The molecule has 1 aromatic rings. The van der Waals surface area contributed by atoms with Gasteiger partial charge in [0.05, 0.1) is 0 Å². The highest BCUT2D eigenvalue weighted by Gasteiger charge is 2.20. The van der Waals surface area contributed by atoms with Gasteiger partial charge >= 0.3 is 0 Å². The van der Waals surface area contributed by atoms with Gasteiger partial charge in [0.1, 0.15) is 17.2 Å². The van der Waals surface area contributed by atoms with Gasteiger partial charge in [0, 0.05) is 11.6 Å². The SMILES string of the molecule is O=C1NC(=S)NC1=Cc1ccc(O)cc1O. The first-order chi connectivity index (χ1) is 7.56. The van der Waals surface area contributed by atoms with Gasteiger partial charge in [0.25, 0.3) is 5.91 Å². The number of hydrogen-bond acceptors (Lipinski definition) is 4. The molecular weight excluding hydrogens is 228 g/mol. The maximum Gasteiger partial charge on any atom is 0.273 e. The van der Waals surface area contributed by atoms with Crippen LogP contribution in [-0.4, -0.2) is 21.2 Å². The molecule has 1 aromatic carbocycles. The van der Waals surface area contributed by atoms with Crippen LogP contribution in [0.5, 0.6) is 11.5 Å². The molecule has 82 valence electrons. The van der Waals surface area contributed by atoms with E-state index in [-0.39, 0.29) is 28.2 Å². The number of phenols is 2. The first-order valence-electron chi connectivity index (χ1n) is 4.42. The summed E-state index contributed by atoms with van der Waals surface area (Å²) >= 11 is 4.76. The van der Waals surface area contributed by atoms with Crippen LogP contribution in [0.25, 0.3) is 6.08 Å². The molecular formula is C10H8N2O3S. The van der Waals surface area contributed by atoms with Gasteiger partial charge < -0.3 is 15.5 Å². The van der Waals surface area contributed by atoms with Crippen molar-refractivity contribution in [3.63, 3.8) is 0 Å². The Kier molecular flexibility index (Phi) is 2.49. The van der Waals surface area contributed by atoms with E-state index < -0.39 is 0 Å². The molecule has 1 heterocycles. The molecule has 0 atom stereocenters. The normalized spacial score (nSPS) is 17.4. The highest BCUT2D eigenvalue weighted by Crippen LogP contribution is 2.24. The highest BCUT2D eigenvalue weighted by atomic mass is 32.1. The van der Waals surface area contributed by atoms with Gasteiger partial charge in [0.15, 0.2) is 5.11 Å². The predicted octanol–water partition coefficient (Wildman–Crippen LogP) is 0.443. The van der Waals surface area contributed by atoms with Crippen molar-refractivity contribution >= 4 is 29.3 Å². The van der Waals surface area contributed by atoms with Gasteiger partial charge in [0.2, 0.25) is 0 Å². The molecule has 16 heavy (non-hydrogen) atoms. The molecule has 1 fully saturated rings. The third kappa shape index (κ3) is 1.96. The van der Waals surface area contributed by atoms with Crippen LogP contribution in [0.3, 0.4) is 0 Å². The maximum absolute atomic E-state index is 11.3. The van der Waals surface area contributed by atoms with Crippen molar-refractivity contribution in [2.45, 2.75) is 0 Å². The van der Waals surface area contributed by atoms with Crippen molar-refractivity contribution in [3.05, 3.63) is 29.5 Å². The number of amides is 1.